The van der Waals surface area contributed by atoms with Crippen LogP contribution in [0.25, 0.3) is 10.2 Å². The maximum atomic E-state index is 12.9. The molecule has 0 fully saturated rings. The van der Waals surface area contributed by atoms with Crippen molar-refractivity contribution in [2.75, 3.05) is 6.54 Å². The van der Waals surface area contributed by atoms with Gasteiger partial charge < -0.3 is 9.88 Å². The second kappa shape index (κ2) is 4.14. The Labute approximate surface area is 133 Å². The highest BCUT2D eigenvalue weighted by molar-refractivity contribution is 7.16. The fraction of sp³-hybridized carbons (Fsp3) is 0.125. The molecule has 2 aromatic heterocycles. The van der Waals surface area contributed by atoms with E-state index in [4.69, 9.17) is 0 Å². The molecule has 7 heteroatoms. The lowest BCUT2D eigenvalue weighted by molar-refractivity contribution is 0.0924. The number of ketones is 2. The SMILES string of the molecule is O=C1c2cc3scnc3cc2C(=O)c2c1cc1n2CCNC1=O. The minimum Gasteiger partial charge on any atom is -0.349 e. The predicted octanol–water partition coefficient (Wildman–Crippen LogP) is 1.62. The van der Waals surface area contributed by atoms with E-state index in [1.54, 1.807) is 22.2 Å². The Morgan fingerprint density at radius 2 is 1.87 bits per heavy atom. The molecule has 0 spiro atoms. The number of rotatable bonds is 0. The molecule has 2 aliphatic rings. The lowest BCUT2D eigenvalue weighted by Gasteiger charge is -2.20. The summed E-state index contributed by atoms with van der Waals surface area (Å²) < 4.78 is 2.53. The van der Waals surface area contributed by atoms with E-state index in [0.29, 0.717) is 46.7 Å². The van der Waals surface area contributed by atoms with Gasteiger partial charge in [0.1, 0.15) is 11.4 Å². The van der Waals surface area contributed by atoms with E-state index in [2.05, 4.69) is 10.3 Å². The van der Waals surface area contributed by atoms with Gasteiger partial charge in [-0.3, -0.25) is 14.4 Å². The van der Waals surface area contributed by atoms with E-state index in [0.717, 1.165) is 4.70 Å². The van der Waals surface area contributed by atoms with Gasteiger partial charge in [0.15, 0.2) is 5.78 Å². The monoisotopic (exact) mass is 323 g/mol. The van der Waals surface area contributed by atoms with Crippen LogP contribution >= 0.6 is 11.3 Å². The fourth-order valence-electron chi connectivity index (χ4n) is 3.31. The van der Waals surface area contributed by atoms with Crippen molar-refractivity contribution in [3.8, 4) is 0 Å². The molecule has 3 heterocycles. The average Bonchev–Trinajstić information content (AvgIpc) is 3.16. The van der Waals surface area contributed by atoms with Crippen LogP contribution in [0.3, 0.4) is 0 Å². The first-order chi connectivity index (χ1) is 11.1. The van der Waals surface area contributed by atoms with Gasteiger partial charge in [0, 0.05) is 24.2 Å². The van der Waals surface area contributed by atoms with Crippen LogP contribution in [0.2, 0.25) is 0 Å². The maximum Gasteiger partial charge on any atom is 0.268 e. The van der Waals surface area contributed by atoms with E-state index in [9.17, 15) is 14.4 Å². The summed E-state index contributed by atoms with van der Waals surface area (Å²) in [4.78, 5) is 42.0. The van der Waals surface area contributed by atoms with Gasteiger partial charge in [0.05, 0.1) is 21.3 Å². The van der Waals surface area contributed by atoms with E-state index in [1.807, 2.05) is 0 Å². The molecule has 0 bridgehead atoms. The summed E-state index contributed by atoms with van der Waals surface area (Å²) in [5.41, 5.74) is 4.17. The Hall–Kier alpha value is -2.80. The van der Waals surface area contributed by atoms with Gasteiger partial charge >= 0.3 is 0 Å². The van der Waals surface area contributed by atoms with E-state index < -0.39 is 0 Å². The second-order valence-electron chi connectivity index (χ2n) is 5.58. The fourth-order valence-corrected chi connectivity index (χ4v) is 4.01. The number of hydrogen-bond donors (Lipinski definition) is 1. The lowest BCUT2D eigenvalue weighted by atomic mass is 9.88. The van der Waals surface area contributed by atoms with Gasteiger partial charge in [-0.15, -0.1) is 11.3 Å². The number of carbonyl (C=O) groups is 3. The topological polar surface area (TPSA) is 81.1 Å². The molecule has 3 aromatic rings. The number of nitrogens with zero attached hydrogens (tertiary/aromatic N) is 2. The molecule has 23 heavy (non-hydrogen) atoms. The van der Waals surface area contributed by atoms with Crippen LogP contribution in [0.4, 0.5) is 0 Å². The normalized spacial score (nSPS) is 16.1. The molecule has 1 aliphatic carbocycles. The molecule has 112 valence electrons. The summed E-state index contributed by atoms with van der Waals surface area (Å²) in [7, 11) is 0. The Kier molecular flexibility index (Phi) is 2.29. The van der Waals surface area contributed by atoms with Crippen molar-refractivity contribution in [2.45, 2.75) is 6.54 Å². The number of hydrogen-bond acceptors (Lipinski definition) is 5. The number of amides is 1. The highest BCUT2D eigenvalue weighted by Crippen LogP contribution is 2.33. The van der Waals surface area contributed by atoms with Crippen LogP contribution in [0.15, 0.2) is 23.7 Å². The molecule has 5 rings (SSSR count). The zero-order chi connectivity index (χ0) is 15.7. The van der Waals surface area contributed by atoms with Crippen LogP contribution in [-0.2, 0) is 6.54 Å². The third kappa shape index (κ3) is 1.52. The zero-order valence-electron chi connectivity index (χ0n) is 11.8. The molecule has 0 unspecified atom stereocenters. The third-order valence-corrected chi connectivity index (χ3v) is 5.16. The van der Waals surface area contributed by atoms with Crippen LogP contribution in [0, 0.1) is 0 Å². The molecular formula is C16H9N3O3S. The predicted molar refractivity (Wildman–Crippen MR) is 83.3 cm³/mol. The number of fused-ring (bicyclic) bond motifs is 5. The molecule has 6 nitrogen and oxygen atoms in total. The van der Waals surface area contributed by atoms with Gasteiger partial charge in [-0.1, -0.05) is 0 Å². The Bertz CT molecular complexity index is 1060. The van der Waals surface area contributed by atoms with E-state index in [1.165, 1.54) is 17.4 Å². The molecule has 1 N–H and O–H groups in total. The van der Waals surface area contributed by atoms with Crippen molar-refractivity contribution in [1.29, 1.82) is 0 Å². The van der Waals surface area contributed by atoms with Crippen LogP contribution in [0.1, 0.15) is 42.5 Å². The number of thiazole rings is 1. The molecule has 0 atom stereocenters. The average molecular weight is 323 g/mol. The van der Waals surface area contributed by atoms with Crippen molar-refractivity contribution < 1.29 is 14.4 Å². The summed E-state index contributed by atoms with van der Waals surface area (Å²) in [6, 6.07) is 4.93. The largest absolute Gasteiger partial charge is 0.349 e. The number of aromatic nitrogens is 2. The summed E-state index contributed by atoms with van der Waals surface area (Å²) in [5.74, 6) is -0.678. The highest BCUT2D eigenvalue weighted by atomic mass is 32.1. The summed E-state index contributed by atoms with van der Waals surface area (Å²) in [5, 5.41) is 2.73. The van der Waals surface area contributed by atoms with Crippen LogP contribution < -0.4 is 5.32 Å². The maximum absolute atomic E-state index is 12.9. The van der Waals surface area contributed by atoms with Gasteiger partial charge in [-0.05, 0) is 18.2 Å². The minimum atomic E-state index is -0.252. The Morgan fingerprint density at radius 3 is 2.74 bits per heavy atom. The molecule has 0 saturated carbocycles. The second-order valence-corrected chi connectivity index (χ2v) is 6.46. The van der Waals surface area contributed by atoms with Crippen molar-refractivity contribution in [1.82, 2.24) is 14.9 Å². The molecule has 1 amide bonds. The van der Waals surface area contributed by atoms with Gasteiger partial charge in [0.2, 0.25) is 5.78 Å². The third-order valence-electron chi connectivity index (χ3n) is 4.37. The minimum absolute atomic E-state index is 0.209. The van der Waals surface area contributed by atoms with E-state index >= 15 is 0 Å². The Morgan fingerprint density at radius 1 is 1.04 bits per heavy atom. The lowest BCUT2D eigenvalue weighted by Crippen LogP contribution is -2.36. The van der Waals surface area contributed by atoms with Gasteiger partial charge in [-0.25, -0.2) is 4.98 Å². The van der Waals surface area contributed by atoms with Crippen LogP contribution in [0.5, 0.6) is 0 Å². The smallest absolute Gasteiger partial charge is 0.268 e. The van der Waals surface area contributed by atoms with Crippen LogP contribution in [-0.4, -0.2) is 33.6 Å². The van der Waals surface area contributed by atoms with Crippen molar-refractivity contribution in [2.24, 2.45) is 0 Å². The van der Waals surface area contributed by atoms with Crippen molar-refractivity contribution >= 4 is 39.0 Å². The van der Waals surface area contributed by atoms with E-state index in [-0.39, 0.29) is 17.5 Å². The number of benzene rings is 1. The molecular weight excluding hydrogens is 314 g/mol. The van der Waals surface area contributed by atoms with Crippen molar-refractivity contribution in [3.05, 3.63) is 51.8 Å². The number of carbonyl (C=O) groups excluding carboxylic acids is 3. The molecule has 1 aromatic carbocycles. The highest BCUT2D eigenvalue weighted by Gasteiger charge is 2.36. The van der Waals surface area contributed by atoms with Gasteiger partial charge in [0.25, 0.3) is 5.91 Å². The molecule has 0 saturated heterocycles. The summed E-state index contributed by atoms with van der Waals surface area (Å²) in [6.07, 6.45) is 0. The standard InChI is InChI=1S/C16H9N3O3S/c20-14-8-5-12-10(18-6-23-12)3-7(8)15(21)13-9(14)4-11-16(22)17-1-2-19(11)13/h3-6H,1-2H2,(H,17,22). The Balaban J connectivity index is 1.82. The molecule has 1 aliphatic heterocycles. The first kappa shape index (κ1) is 12.7. The van der Waals surface area contributed by atoms with Crippen molar-refractivity contribution in [3.63, 3.8) is 0 Å². The zero-order valence-corrected chi connectivity index (χ0v) is 12.6. The summed E-state index contributed by atoms with van der Waals surface area (Å²) >= 11 is 1.43. The van der Waals surface area contributed by atoms with Gasteiger partial charge in [-0.2, -0.15) is 0 Å². The summed E-state index contributed by atoms with van der Waals surface area (Å²) in [6.45, 7) is 0.941. The first-order valence-electron chi connectivity index (χ1n) is 7.13. The quantitative estimate of drug-likeness (QED) is 0.533. The first-order valence-corrected chi connectivity index (χ1v) is 8.01. The number of nitrogens with one attached hydrogen (secondary N) is 1. The molecule has 0 radical (unpaired) electrons.